The minimum Gasteiger partial charge on any atom is -0.378 e. The van der Waals surface area contributed by atoms with E-state index in [1.165, 1.54) is 5.56 Å². The van der Waals surface area contributed by atoms with E-state index in [4.69, 9.17) is 4.74 Å². The smallest absolute Gasteiger partial charge is 0.228 e. The van der Waals surface area contributed by atoms with Gasteiger partial charge in [-0.25, -0.2) is 0 Å². The number of hydrogen-bond acceptors (Lipinski definition) is 3. The van der Waals surface area contributed by atoms with Gasteiger partial charge >= 0.3 is 0 Å². The molecular formula is C16H22N2O2. The van der Waals surface area contributed by atoms with Gasteiger partial charge in [0.1, 0.15) is 0 Å². The van der Waals surface area contributed by atoms with E-state index in [1.807, 2.05) is 6.07 Å². The second kappa shape index (κ2) is 5.54. The molecule has 2 N–H and O–H groups in total. The number of fused-ring (bicyclic) bond motifs is 1. The van der Waals surface area contributed by atoms with Crippen LogP contribution in [-0.2, 0) is 16.0 Å². The third-order valence-corrected chi connectivity index (χ3v) is 4.24. The van der Waals surface area contributed by atoms with Gasteiger partial charge in [-0.3, -0.25) is 4.79 Å². The highest BCUT2D eigenvalue weighted by Crippen LogP contribution is 2.34. The van der Waals surface area contributed by atoms with Gasteiger partial charge in [-0.05, 0) is 37.1 Å². The molecule has 1 fully saturated rings. The van der Waals surface area contributed by atoms with Crippen molar-refractivity contribution in [3.63, 3.8) is 0 Å². The van der Waals surface area contributed by atoms with Crippen LogP contribution in [0.15, 0.2) is 18.2 Å². The highest BCUT2D eigenvalue weighted by molar-refractivity contribution is 5.99. The quantitative estimate of drug-likeness (QED) is 0.885. The molecule has 2 aliphatic heterocycles. The van der Waals surface area contributed by atoms with Crippen LogP contribution >= 0.6 is 0 Å². The fourth-order valence-electron chi connectivity index (χ4n) is 3.30. The van der Waals surface area contributed by atoms with Crippen LogP contribution in [0.5, 0.6) is 0 Å². The van der Waals surface area contributed by atoms with Crippen molar-refractivity contribution in [2.75, 3.05) is 18.5 Å². The molecule has 2 aliphatic rings. The van der Waals surface area contributed by atoms with E-state index in [2.05, 4.69) is 36.6 Å². The number of ether oxygens (including phenoxy) is 1. The van der Waals surface area contributed by atoms with Crippen molar-refractivity contribution < 1.29 is 9.53 Å². The lowest BCUT2D eigenvalue weighted by Gasteiger charge is -2.24. The van der Waals surface area contributed by atoms with Crippen LogP contribution in [-0.4, -0.2) is 25.2 Å². The lowest BCUT2D eigenvalue weighted by Crippen LogP contribution is -2.28. The predicted molar refractivity (Wildman–Crippen MR) is 78.7 cm³/mol. The average Bonchev–Trinajstić information content (AvgIpc) is 3.00. The first-order chi connectivity index (χ1) is 9.67. The van der Waals surface area contributed by atoms with Crippen molar-refractivity contribution in [3.05, 3.63) is 29.3 Å². The molecule has 3 unspecified atom stereocenters. The molecule has 0 bridgehead atoms. The van der Waals surface area contributed by atoms with E-state index in [-0.39, 0.29) is 5.91 Å². The molecule has 0 aromatic heterocycles. The Balaban J connectivity index is 1.84. The molecule has 2 heterocycles. The van der Waals surface area contributed by atoms with Gasteiger partial charge in [0, 0.05) is 17.6 Å². The first-order valence-electron chi connectivity index (χ1n) is 7.45. The van der Waals surface area contributed by atoms with Gasteiger partial charge < -0.3 is 15.4 Å². The predicted octanol–water partition coefficient (Wildman–Crippen LogP) is 2.26. The molecule has 3 rings (SSSR count). The number of hydrogen-bond donors (Lipinski definition) is 2. The Hall–Kier alpha value is -1.39. The Bertz CT molecular complexity index is 515. The Morgan fingerprint density at radius 3 is 3.05 bits per heavy atom. The number of carbonyl (C=O) groups is 1. The summed E-state index contributed by atoms with van der Waals surface area (Å²) in [5.74, 6) is 0.600. The maximum atomic E-state index is 11.5. The number of anilines is 1. The Labute approximate surface area is 119 Å². The van der Waals surface area contributed by atoms with Crippen LogP contribution in [0.25, 0.3) is 0 Å². The first-order valence-corrected chi connectivity index (χ1v) is 7.45. The minimum absolute atomic E-state index is 0.0926. The van der Waals surface area contributed by atoms with Crippen LogP contribution in [0.3, 0.4) is 0 Å². The fraction of sp³-hybridized carbons (Fsp3) is 0.562. The number of nitrogens with one attached hydrogen (secondary N) is 2. The molecule has 3 atom stereocenters. The van der Waals surface area contributed by atoms with E-state index in [0.29, 0.717) is 24.5 Å². The van der Waals surface area contributed by atoms with E-state index >= 15 is 0 Å². The Kier molecular flexibility index (Phi) is 3.76. The fourth-order valence-corrected chi connectivity index (χ4v) is 3.30. The molecule has 0 aliphatic carbocycles. The normalized spacial score (nSPS) is 26.4. The average molecular weight is 274 g/mol. The molecule has 1 amide bonds. The molecule has 1 saturated heterocycles. The van der Waals surface area contributed by atoms with Crippen molar-refractivity contribution in [2.24, 2.45) is 5.92 Å². The SMILES string of the molecule is CCNC(c1ccc2c(c1)CC(=O)N2)C1COC(C)C1. The third-order valence-electron chi connectivity index (χ3n) is 4.24. The van der Waals surface area contributed by atoms with E-state index < -0.39 is 0 Å². The summed E-state index contributed by atoms with van der Waals surface area (Å²) < 4.78 is 5.72. The minimum atomic E-state index is 0.0926. The van der Waals surface area contributed by atoms with Crippen LogP contribution in [0.4, 0.5) is 5.69 Å². The molecule has 108 valence electrons. The number of rotatable bonds is 4. The first kappa shape index (κ1) is 13.6. The molecule has 0 saturated carbocycles. The second-order valence-electron chi connectivity index (χ2n) is 5.82. The third kappa shape index (κ3) is 2.58. The van der Waals surface area contributed by atoms with Gasteiger partial charge in [0.2, 0.25) is 5.91 Å². The van der Waals surface area contributed by atoms with Crippen molar-refractivity contribution in [3.8, 4) is 0 Å². The van der Waals surface area contributed by atoms with Gasteiger partial charge in [-0.1, -0.05) is 19.1 Å². The van der Waals surface area contributed by atoms with Crippen LogP contribution < -0.4 is 10.6 Å². The summed E-state index contributed by atoms with van der Waals surface area (Å²) in [7, 11) is 0. The number of carbonyl (C=O) groups excluding carboxylic acids is 1. The monoisotopic (exact) mass is 274 g/mol. The van der Waals surface area contributed by atoms with Gasteiger partial charge in [-0.15, -0.1) is 0 Å². The van der Waals surface area contributed by atoms with Crippen LogP contribution in [0.1, 0.15) is 37.4 Å². The Morgan fingerprint density at radius 1 is 1.50 bits per heavy atom. The van der Waals surface area contributed by atoms with Gasteiger partial charge in [-0.2, -0.15) is 0 Å². The van der Waals surface area contributed by atoms with Crippen molar-refractivity contribution in [1.29, 1.82) is 0 Å². The van der Waals surface area contributed by atoms with Gasteiger partial charge in [0.15, 0.2) is 0 Å². The second-order valence-corrected chi connectivity index (χ2v) is 5.82. The Morgan fingerprint density at radius 2 is 2.35 bits per heavy atom. The molecule has 1 aromatic rings. The standard InChI is InChI=1S/C16H22N2O2/c1-3-17-16(13-6-10(2)20-9-13)11-4-5-14-12(7-11)8-15(19)18-14/h4-5,7,10,13,16-17H,3,6,8-9H2,1-2H3,(H,18,19). The summed E-state index contributed by atoms with van der Waals surface area (Å²) in [6.07, 6.45) is 1.93. The summed E-state index contributed by atoms with van der Waals surface area (Å²) in [5, 5.41) is 6.47. The van der Waals surface area contributed by atoms with Gasteiger partial charge in [0.25, 0.3) is 0 Å². The maximum absolute atomic E-state index is 11.5. The van der Waals surface area contributed by atoms with Crippen molar-refractivity contribution in [1.82, 2.24) is 5.32 Å². The zero-order chi connectivity index (χ0) is 14.1. The highest BCUT2D eigenvalue weighted by Gasteiger charge is 2.31. The molecule has 0 radical (unpaired) electrons. The molecule has 0 spiro atoms. The lowest BCUT2D eigenvalue weighted by atomic mass is 9.90. The largest absolute Gasteiger partial charge is 0.378 e. The summed E-state index contributed by atoms with van der Waals surface area (Å²) in [5.41, 5.74) is 3.34. The maximum Gasteiger partial charge on any atom is 0.228 e. The zero-order valence-electron chi connectivity index (χ0n) is 12.1. The van der Waals surface area contributed by atoms with Crippen LogP contribution in [0.2, 0.25) is 0 Å². The van der Waals surface area contributed by atoms with Gasteiger partial charge in [0.05, 0.1) is 19.1 Å². The van der Waals surface area contributed by atoms with Crippen LogP contribution in [0, 0.1) is 5.92 Å². The van der Waals surface area contributed by atoms with E-state index in [0.717, 1.165) is 30.8 Å². The number of benzene rings is 1. The molecule has 20 heavy (non-hydrogen) atoms. The molecule has 4 nitrogen and oxygen atoms in total. The molecular weight excluding hydrogens is 252 g/mol. The lowest BCUT2D eigenvalue weighted by molar-refractivity contribution is -0.115. The highest BCUT2D eigenvalue weighted by atomic mass is 16.5. The van der Waals surface area contributed by atoms with Crippen molar-refractivity contribution >= 4 is 11.6 Å². The van der Waals surface area contributed by atoms with E-state index in [9.17, 15) is 4.79 Å². The van der Waals surface area contributed by atoms with Crippen molar-refractivity contribution in [2.45, 2.75) is 38.8 Å². The molecule has 4 heteroatoms. The summed E-state index contributed by atoms with van der Waals surface area (Å²) in [6.45, 7) is 6.01. The zero-order valence-corrected chi connectivity index (χ0v) is 12.1. The molecule has 1 aromatic carbocycles. The summed E-state index contributed by atoms with van der Waals surface area (Å²) in [4.78, 5) is 11.5. The summed E-state index contributed by atoms with van der Waals surface area (Å²) >= 11 is 0. The van der Waals surface area contributed by atoms with E-state index in [1.54, 1.807) is 0 Å². The summed E-state index contributed by atoms with van der Waals surface area (Å²) in [6, 6.07) is 6.63. The topological polar surface area (TPSA) is 50.4 Å². The number of amides is 1.